The zero-order valence-electron chi connectivity index (χ0n) is 9.45. The second kappa shape index (κ2) is 4.92. The van der Waals surface area contributed by atoms with Gasteiger partial charge in [-0.2, -0.15) is 0 Å². The van der Waals surface area contributed by atoms with Crippen LogP contribution in [0.5, 0.6) is 5.75 Å². The normalized spacial score (nSPS) is 16.1. The molecule has 0 aromatic heterocycles. The molecule has 1 amide bonds. The number of benzene rings is 1. The highest BCUT2D eigenvalue weighted by Gasteiger charge is 2.25. The Labute approximate surface area is 104 Å². The molecule has 1 atom stereocenters. The van der Waals surface area contributed by atoms with Gasteiger partial charge in [-0.1, -0.05) is 17.7 Å². The lowest BCUT2D eigenvalue weighted by atomic mass is 10.2. The van der Waals surface area contributed by atoms with Crippen molar-refractivity contribution in [2.75, 3.05) is 18.1 Å². The molecule has 0 aliphatic carbocycles. The number of hydrogen-bond acceptors (Lipinski definition) is 2. The second-order valence-electron chi connectivity index (χ2n) is 3.97. The highest BCUT2D eigenvalue weighted by molar-refractivity contribution is 6.32. The van der Waals surface area contributed by atoms with Gasteiger partial charge in [0.05, 0.1) is 23.7 Å². The van der Waals surface area contributed by atoms with Gasteiger partial charge in [0.25, 0.3) is 0 Å². The van der Waals surface area contributed by atoms with E-state index >= 15 is 0 Å². The first-order chi connectivity index (χ1) is 8.09. The number of alkyl halides is 1. The molecule has 0 fully saturated rings. The van der Waals surface area contributed by atoms with Crippen LogP contribution in [0.15, 0.2) is 18.2 Å². The summed E-state index contributed by atoms with van der Waals surface area (Å²) >= 11 is 5.98. The number of rotatable bonds is 2. The predicted octanol–water partition coefficient (Wildman–Crippen LogP) is 2.81. The van der Waals surface area contributed by atoms with Gasteiger partial charge >= 0.3 is 0 Å². The first-order valence-corrected chi connectivity index (χ1v) is 5.83. The fourth-order valence-corrected chi connectivity index (χ4v) is 2.05. The summed E-state index contributed by atoms with van der Waals surface area (Å²) in [7, 11) is 0. The largest absolute Gasteiger partial charge is 0.488 e. The molecule has 0 bridgehead atoms. The average Bonchev–Trinajstić information content (AvgIpc) is 2.28. The van der Waals surface area contributed by atoms with Gasteiger partial charge in [0.15, 0.2) is 5.75 Å². The van der Waals surface area contributed by atoms with Crippen molar-refractivity contribution < 1.29 is 13.9 Å². The summed E-state index contributed by atoms with van der Waals surface area (Å²) in [5.74, 6) is 0.257. The van der Waals surface area contributed by atoms with Gasteiger partial charge in [-0.25, -0.2) is 4.39 Å². The Bertz CT molecular complexity index is 437. The Morgan fingerprint density at radius 1 is 1.65 bits per heavy atom. The number of para-hydroxylation sites is 1. The Morgan fingerprint density at radius 2 is 2.41 bits per heavy atom. The molecule has 2 rings (SSSR count). The van der Waals surface area contributed by atoms with E-state index in [1.54, 1.807) is 18.2 Å². The van der Waals surface area contributed by atoms with Crippen LogP contribution in [-0.4, -0.2) is 25.2 Å². The SMILES string of the molecule is CC(F)CC(=O)N1CCOc2c(Cl)cccc21. The maximum Gasteiger partial charge on any atom is 0.230 e. The molecule has 3 nitrogen and oxygen atoms in total. The van der Waals surface area contributed by atoms with Crippen molar-refractivity contribution in [2.45, 2.75) is 19.5 Å². The van der Waals surface area contributed by atoms with E-state index < -0.39 is 6.17 Å². The van der Waals surface area contributed by atoms with E-state index in [1.807, 2.05) is 0 Å². The number of halogens is 2. The van der Waals surface area contributed by atoms with Crippen molar-refractivity contribution in [3.05, 3.63) is 23.2 Å². The van der Waals surface area contributed by atoms with Gasteiger partial charge in [0.2, 0.25) is 5.91 Å². The van der Waals surface area contributed by atoms with Gasteiger partial charge in [0, 0.05) is 0 Å². The molecule has 0 saturated carbocycles. The van der Waals surface area contributed by atoms with E-state index in [1.165, 1.54) is 11.8 Å². The van der Waals surface area contributed by atoms with Gasteiger partial charge < -0.3 is 9.64 Å². The number of anilines is 1. The molecule has 1 aliphatic heterocycles. The van der Waals surface area contributed by atoms with Crippen molar-refractivity contribution in [1.29, 1.82) is 0 Å². The third-order valence-corrected chi connectivity index (χ3v) is 2.85. The van der Waals surface area contributed by atoms with Crippen LogP contribution in [0, 0.1) is 0 Å². The van der Waals surface area contributed by atoms with Crippen LogP contribution in [0.2, 0.25) is 5.02 Å². The molecule has 1 aromatic rings. The fraction of sp³-hybridized carbons (Fsp3) is 0.417. The van der Waals surface area contributed by atoms with Crippen LogP contribution in [0.4, 0.5) is 10.1 Å². The molecule has 1 unspecified atom stereocenters. The number of amides is 1. The fourth-order valence-electron chi connectivity index (χ4n) is 1.82. The molecule has 0 saturated heterocycles. The minimum Gasteiger partial charge on any atom is -0.488 e. The zero-order valence-corrected chi connectivity index (χ0v) is 10.2. The van der Waals surface area contributed by atoms with Crippen molar-refractivity contribution in [3.63, 3.8) is 0 Å². The maximum absolute atomic E-state index is 12.9. The Morgan fingerprint density at radius 3 is 3.12 bits per heavy atom. The maximum atomic E-state index is 12.9. The molecule has 0 spiro atoms. The Balaban J connectivity index is 2.29. The first kappa shape index (κ1) is 12.2. The quantitative estimate of drug-likeness (QED) is 0.815. The molecular weight excluding hydrogens is 245 g/mol. The number of nitrogens with zero attached hydrogens (tertiary/aromatic N) is 1. The highest BCUT2D eigenvalue weighted by Crippen LogP contribution is 2.38. The third kappa shape index (κ3) is 2.52. The molecule has 1 heterocycles. The number of carbonyl (C=O) groups excluding carboxylic acids is 1. The summed E-state index contributed by atoms with van der Waals surface area (Å²) in [5, 5.41) is 0.466. The summed E-state index contributed by atoms with van der Waals surface area (Å²) < 4.78 is 18.3. The smallest absolute Gasteiger partial charge is 0.230 e. The monoisotopic (exact) mass is 257 g/mol. The first-order valence-electron chi connectivity index (χ1n) is 5.45. The summed E-state index contributed by atoms with van der Waals surface area (Å²) in [4.78, 5) is 13.4. The van der Waals surface area contributed by atoms with Crippen LogP contribution in [0.3, 0.4) is 0 Å². The van der Waals surface area contributed by atoms with Crippen LogP contribution >= 0.6 is 11.6 Å². The molecule has 0 N–H and O–H groups in total. The molecular formula is C12H13ClFNO2. The zero-order chi connectivity index (χ0) is 12.4. The van der Waals surface area contributed by atoms with Crippen LogP contribution < -0.4 is 9.64 Å². The molecule has 17 heavy (non-hydrogen) atoms. The van der Waals surface area contributed by atoms with Crippen molar-refractivity contribution in [2.24, 2.45) is 0 Å². The predicted molar refractivity (Wildman–Crippen MR) is 64.5 cm³/mol. The van der Waals surface area contributed by atoms with Crippen molar-refractivity contribution in [3.8, 4) is 5.75 Å². The molecule has 92 valence electrons. The number of hydrogen-bond donors (Lipinski definition) is 0. The molecule has 1 aromatic carbocycles. The number of ether oxygens (including phenoxy) is 1. The van der Waals surface area contributed by atoms with Crippen LogP contribution in [0.25, 0.3) is 0 Å². The highest BCUT2D eigenvalue weighted by atomic mass is 35.5. The van der Waals surface area contributed by atoms with Crippen molar-refractivity contribution >= 4 is 23.2 Å². The molecule has 0 radical (unpaired) electrons. The van der Waals surface area contributed by atoms with E-state index in [0.29, 0.717) is 29.6 Å². The summed E-state index contributed by atoms with van der Waals surface area (Å²) in [5.41, 5.74) is 0.620. The second-order valence-corrected chi connectivity index (χ2v) is 4.37. The van der Waals surface area contributed by atoms with Gasteiger partial charge in [-0.05, 0) is 19.1 Å². The minimum absolute atomic E-state index is 0.119. The van der Waals surface area contributed by atoms with Crippen LogP contribution in [-0.2, 0) is 4.79 Å². The number of fused-ring (bicyclic) bond motifs is 1. The van der Waals surface area contributed by atoms with Gasteiger partial charge in [-0.3, -0.25) is 4.79 Å². The lowest BCUT2D eigenvalue weighted by molar-refractivity contribution is -0.119. The van der Waals surface area contributed by atoms with E-state index in [2.05, 4.69) is 0 Å². The topological polar surface area (TPSA) is 29.5 Å². The lowest BCUT2D eigenvalue weighted by Gasteiger charge is -2.30. The molecule has 5 heteroatoms. The van der Waals surface area contributed by atoms with E-state index in [-0.39, 0.29) is 12.3 Å². The third-order valence-electron chi connectivity index (χ3n) is 2.56. The van der Waals surface area contributed by atoms with Crippen molar-refractivity contribution in [1.82, 2.24) is 0 Å². The Kier molecular flexibility index (Phi) is 3.52. The molecule has 1 aliphatic rings. The summed E-state index contributed by atoms with van der Waals surface area (Å²) in [6, 6.07) is 5.20. The van der Waals surface area contributed by atoms with Crippen LogP contribution in [0.1, 0.15) is 13.3 Å². The van der Waals surface area contributed by atoms with Gasteiger partial charge in [-0.15, -0.1) is 0 Å². The standard InChI is InChI=1S/C12H13ClFNO2/c1-8(14)7-11(16)15-5-6-17-12-9(13)3-2-4-10(12)15/h2-4,8H,5-7H2,1H3. The summed E-state index contributed by atoms with van der Waals surface area (Å²) in [6.45, 7) is 2.18. The van der Waals surface area contributed by atoms with E-state index in [4.69, 9.17) is 16.3 Å². The average molecular weight is 258 g/mol. The number of carbonyl (C=O) groups is 1. The summed E-state index contributed by atoms with van der Waals surface area (Å²) in [6.07, 6.45) is -1.26. The van der Waals surface area contributed by atoms with E-state index in [0.717, 1.165) is 0 Å². The Hall–Kier alpha value is -1.29. The van der Waals surface area contributed by atoms with E-state index in [9.17, 15) is 9.18 Å². The van der Waals surface area contributed by atoms with Gasteiger partial charge in [0.1, 0.15) is 12.8 Å². The minimum atomic E-state index is -1.15. The lowest BCUT2D eigenvalue weighted by Crippen LogP contribution is -2.38.